The van der Waals surface area contributed by atoms with Crippen LogP contribution in [0.4, 0.5) is 11.8 Å². The van der Waals surface area contributed by atoms with Gasteiger partial charge in [0.2, 0.25) is 5.95 Å². The second kappa shape index (κ2) is 8.59. The Labute approximate surface area is 173 Å². The summed E-state index contributed by atoms with van der Waals surface area (Å²) >= 11 is 6.30. The number of hydrogen-bond donors (Lipinski definition) is 3. The van der Waals surface area contributed by atoms with Crippen LogP contribution in [0, 0.1) is 18.8 Å². The molecule has 0 fully saturated rings. The lowest BCUT2D eigenvalue weighted by Gasteiger charge is -2.10. The van der Waals surface area contributed by atoms with Crippen molar-refractivity contribution < 1.29 is 4.79 Å². The molecule has 3 rings (SSSR count). The molecular weight excluding hydrogens is 388 g/mol. The van der Waals surface area contributed by atoms with E-state index in [1.807, 2.05) is 19.1 Å². The number of rotatable bonds is 3. The maximum absolute atomic E-state index is 11.9. The molecule has 0 unspecified atom stereocenters. The quantitative estimate of drug-likeness (QED) is 0.577. The highest BCUT2D eigenvalue weighted by molar-refractivity contribution is 6.34. The lowest BCUT2D eigenvalue weighted by atomic mass is 10.0. The number of pyridine rings is 1. The third-order valence-electron chi connectivity index (χ3n) is 4.17. The molecule has 3 aromatic rings. The minimum Gasteiger partial charge on any atom is -0.373 e. The van der Waals surface area contributed by atoms with Crippen LogP contribution in [0.1, 0.15) is 27.2 Å². The summed E-state index contributed by atoms with van der Waals surface area (Å²) in [5, 5.41) is 5.83. The first kappa shape index (κ1) is 20.1. The second-order valence-electron chi connectivity index (χ2n) is 6.10. The van der Waals surface area contributed by atoms with Gasteiger partial charge in [-0.1, -0.05) is 29.5 Å². The minimum absolute atomic E-state index is 0.134. The van der Waals surface area contributed by atoms with Crippen LogP contribution in [0.15, 0.2) is 36.5 Å². The molecule has 0 bridgehead atoms. The van der Waals surface area contributed by atoms with E-state index in [1.165, 1.54) is 0 Å². The molecule has 2 aromatic heterocycles. The van der Waals surface area contributed by atoms with E-state index in [2.05, 4.69) is 37.4 Å². The third-order valence-corrected chi connectivity index (χ3v) is 4.49. The predicted molar refractivity (Wildman–Crippen MR) is 115 cm³/mol. The average Bonchev–Trinajstić information content (AvgIpc) is 2.72. The van der Waals surface area contributed by atoms with E-state index in [9.17, 15) is 4.79 Å². The second-order valence-corrected chi connectivity index (χ2v) is 6.50. The summed E-state index contributed by atoms with van der Waals surface area (Å²) in [5.74, 6) is 6.82. The number of amides is 1. The summed E-state index contributed by atoms with van der Waals surface area (Å²) in [7, 11) is 3.35. The maximum Gasteiger partial charge on any atom is 0.252 e. The van der Waals surface area contributed by atoms with Crippen molar-refractivity contribution in [2.24, 2.45) is 0 Å². The molecule has 0 saturated carbocycles. The Morgan fingerprint density at radius 3 is 2.55 bits per heavy atom. The zero-order valence-electron chi connectivity index (χ0n) is 16.2. The molecule has 1 amide bonds. The molecule has 0 aliphatic heterocycles. The van der Waals surface area contributed by atoms with Gasteiger partial charge < -0.3 is 16.4 Å². The zero-order chi connectivity index (χ0) is 21.0. The maximum atomic E-state index is 11.9. The minimum atomic E-state index is -0.266. The molecule has 4 N–H and O–H groups in total. The number of carbonyl (C=O) groups excluding carboxylic acids is 1. The average molecular weight is 407 g/mol. The van der Waals surface area contributed by atoms with E-state index in [1.54, 1.807) is 38.5 Å². The SMILES string of the molecule is CNC(=O)c1ccc(-c2nc(N)nc(C)c2C#Cc2ccc(NC)nc2)cc1Cl. The number of aromatic nitrogens is 3. The van der Waals surface area contributed by atoms with Crippen molar-refractivity contribution in [3.63, 3.8) is 0 Å². The molecular formula is C21H19ClN6O. The molecule has 0 atom stereocenters. The Bertz CT molecular complexity index is 1130. The fraction of sp³-hybridized carbons (Fsp3) is 0.143. The van der Waals surface area contributed by atoms with E-state index < -0.39 is 0 Å². The summed E-state index contributed by atoms with van der Waals surface area (Å²) in [6, 6.07) is 8.78. The molecule has 1 aromatic carbocycles. The number of anilines is 2. The summed E-state index contributed by atoms with van der Waals surface area (Å²) in [4.78, 5) is 24.7. The first-order valence-corrected chi connectivity index (χ1v) is 9.12. The Kier molecular flexibility index (Phi) is 5.96. The summed E-state index contributed by atoms with van der Waals surface area (Å²) in [6.07, 6.45) is 1.68. The van der Waals surface area contributed by atoms with E-state index in [4.69, 9.17) is 17.3 Å². The van der Waals surface area contributed by atoms with E-state index >= 15 is 0 Å². The number of aryl methyl sites for hydroxylation is 1. The molecule has 0 aliphatic carbocycles. The fourth-order valence-corrected chi connectivity index (χ4v) is 2.95. The van der Waals surface area contributed by atoms with Crippen molar-refractivity contribution in [2.75, 3.05) is 25.1 Å². The Morgan fingerprint density at radius 1 is 1.14 bits per heavy atom. The molecule has 146 valence electrons. The van der Waals surface area contributed by atoms with Gasteiger partial charge in [-0.2, -0.15) is 0 Å². The normalized spacial score (nSPS) is 10.1. The van der Waals surface area contributed by atoms with E-state index in [0.29, 0.717) is 33.1 Å². The van der Waals surface area contributed by atoms with Crippen LogP contribution >= 0.6 is 11.6 Å². The van der Waals surface area contributed by atoms with Crippen molar-refractivity contribution in [1.29, 1.82) is 0 Å². The topological polar surface area (TPSA) is 106 Å². The smallest absolute Gasteiger partial charge is 0.252 e. The fourth-order valence-electron chi connectivity index (χ4n) is 2.68. The summed E-state index contributed by atoms with van der Waals surface area (Å²) < 4.78 is 0. The Hall–Kier alpha value is -3.63. The van der Waals surface area contributed by atoms with E-state index in [0.717, 1.165) is 11.4 Å². The number of nitrogens with zero attached hydrogens (tertiary/aromatic N) is 3. The number of nitrogens with two attached hydrogens (primary N) is 1. The molecule has 0 spiro atoms. The van der Waals surface area contributed by atoms with E-state index in [-0.39, 0.29) is 11.9 Å². The monoisotopic (exact) mass is 406 g/mol. The molecule has 2 heterocycles. The van der Waals surface area contributed by atoms with Gasteiger partial charge in [-0.15, -0.1) is 0 Å². The van der Waals surface area contributed by atoms with Crippen molar-refractivity contribution in [1.82, 2.24) is 20.3 Å². The van der Waals surface area contributed by atoms with Gasteiger partial charge in [-0.25, -0.2) is 15.0 Å². The highest BCUT2D eigenvalue weighted by Gasteiger charge is 2.15. The van der Waals surface area contributed by atoms with Crippen LogP contribution in [-0.2, 0) is 0 Å². The highest BCUT2D eigenvalue weighted by atomic mass is 35.5. The van der Waals surface area contributed by atoms with Crippen molar-refractivity contribution >= 4 is 29.3 Å². The molecule has 0 aliphatic rings. The summed E-state index contributed by atoms with van der Waals surface area (Å²) in [6.45, 7) is 1.81. The first-order chi connectivity index (χ1) is 13.9. The van der Waals surface area contributed by atoms with Gasteiger partial charge in [0.15, 0.2) is 0 Å². The van der Waals surface area contributed by atoms with Gasteiger partial charge in [0.25, 0.3) is 5.91 Å². The van der Waals surface area contributed by atoms with Crippen molar-refractivity contribution in [2.45, 2.75) is 6.92 Å². The number of nitrogens with one attached hydrogen (secondary N) is 2. The van der Waals surface area contributed by atoms with Gasteiger partial charge in [-0.3, -0.25) is 4.79 Å². The lowest BCUT2D eigenvalue weighted by molar-refractivity contribution is 0.0963. The highest BCUT2D eigenvalue weighted by Crippen LogP contribution is 2.28. The molecule has 29 heavy (non-hydrogen) atoms. The van der Waals surface area contributed by atoms with Gasteiger partial charge >= 0.3 is 0 Å². The number of benzene rings is 1. The van der Waals surface area contributed by atoms with Gasteiger partial charge in [0, 0.05) is 31.4 Å². The first-order valence-electron chi connectivity index (χ1n) is 8.75. The molecule has 8 heteroatoms. The van der Waals surface area contributed by atoms with Crippen molar-refractivity contribution in [3.8, 4) is 23.1 Å². The lowest BCUT2D eigenvalue weighted by Crippen LogP contribution is -2.18. The molecule has 0 saturated heterocycles. The zero-order valence-corrected chi connectivity index (χ0v) is 16.9. The van der Waals surface area contributed by atoms with Gasteiger partial charge in [0.05, 0.1) is 27.5 Å². The Balaban J connectivity index is 2.08. The predicted octanol–water partition coefficient (Wildman–Crippen LogP) is 2.88. The van der Waals surface area contributed by atoms with Crippen LogP contribution in [0.25, 0.3) is 11.3 Å². The number of carbonyl (C=O) groups is 1. The number of nitrogen functional groups attached to an aromatic ring is 1. The third kappa shape index (κ3) is 4.45. The molecule has 7 nitrogen and oxygen atoms in total. The van der Waals surface area contributed by atoms with Gasteiger partial charge in [0.1, 0.15) is 5.82 Å². The standard InChI is InChI=1S/C21H19ClN6O/c1-12-15(7-4-13-5-9-18(24-2)26-11-13)19(28-21(23)27-12)14-6-8-16(17(22)10-14)20(29)25-3/h5-6,8-11H,1-3H3,(H,24,26)(H,25,29)(H2,23,27,28). The van der Waals surface area contributed by atoms with Crippen LogP contribution < -0.4 is 16.4 Å². The van der Waals surface area contributed by atoms with Crippen LogP contribution in [0.3, 0.4) is 0 Å². The van der Waals surface area contributed by atoms with Crippen molar-refractivity contribution in [3.05, 3.63) is 63.9 Å². The molecule has 0 radical (unpaired) electrons. The van der Waals surface area contributed by atoms with Gasteiger partial charge in [-0.05, 0) is 31.2 Å². The van der Waals surface area contributed by atoms with Crippen LogP contribution in [-0.4, -0.2) is 35.0 Å². The largest absolute Gasteiger partial charge is 0.373 e. The Morgan fingerprint density at radius 2 is 1.93 bits per heavy atom. The van der Waals surface area contributed by atoms with Crippen LogP contribution in [0.5, 0.6) is 0 Å². The summed E-state index contributed by atoms with van der Waals surface area (Å²) in [5.41, 5.74) is 9.49. The number of halogens is 1. The number of hydrogen-bond acceptors (Lipinski definition) is 6. The van der Waals surface area contributed by atoms with Crippen LogP contribution in [0.2, 0.25) is 5.02 Å².